The summed E-state index contributed by atoms with van der Waals surface area (Å²) in [6.45, 7) is 3.09. The molecule has 0 saturated carbocycles. The van der Waals surface area contributed by atoms with Crippen LogP contribution in [-0.2, 0) is 28.7 Å². The van der Waals surface area contributed by atoms with Gasteiger partial charge in [0.05, 0.1) is 24.5 Å². The summed E-state index contributed by atoms with van der Waals surface area (Å²) in [5.41, 5.74) is 3.84. The summed E-state index contributed by atoms with van der Waals surface area (Å²) in [4.78, 5) is 57.6. The Balaban J connectivity index is 2.77. The van der Waals surface area contributed by atoms with E-state index in [1.165, 1.54) is 31.2 Å². The van der Waals surface area contributed by atoms with Crippen molar-refractivity contribution < 1.29 is 33.4 Å². The molecule has 10 heteroatoms. The lowest BCUT2D eigenvalue weighted by Crippen LogP contribution is -2.45. The van der Waals surface area contributed by atoms with Crippen LogP contribution in [0, 0.1) is 0 Å². The van der Waals surface area contributed by atoms with E-state index in [1.54, 1.807) is 6.92 Å². The van der Waals surface area contributed by atoms with E-state index in [0.717, 1.165) is 0 Å². The molecular formula is C15H17N3O7. The largest absolute Gasteiger partial charge is 0.459 e. The first-order valence-corrected chi connectivity index (χ1v) is 7.25. The normalized spacial score (nSPS) is 9.52. The van der Waals surface area contributed by atoms with Gasteiger partial charge in [0, 0.05) is 0 Å². The summed E-state index contributed by atoms with van der Waals surface area (Å²) >= 11 is 0. The minimum Gasteiger partial charge on any atom is -0.459 e. The third-order valence-electron chi connectivity index (χ3n) is 2.63. The first kappa shape index (κ1) is 19.6. The fourth-order valence-electron chi connectivity index (χ4n) is 1.59. The Morgan fingerprint density at radius 2 is 1.40 bits per heavy atom. The molecule has 1 aromatic carbocycles. The Morgan fingerprint density at radius 1 is 0.840 bits per heavy atom. The van der Waals surface area contributed by atoms with Crippen LogP contribution in [0.4, 0.5) is 5.69 Å². The molecule has 3 amide bonds. The zero-order valence-corrected chi connectivity index (χ0v) is 13.6. The lowest BCUT2D eigenvalue weighted by atomic mass is 10.1. The number of rotatable bonds is 4. The van der Waals surface area contributed by atoms with E-state index in [0.29, 0.717) is 0 Å². The van der Waals surface area contributed by atoms with Crippen LogP contribution in [0.15, 0.2) is 24.3 Å². The van der Waals surface area contributed by atoms with E-state index in [1.807, 2.05) is 10.9 Å². The Kier molecular flexibility index (Phi) is 7.57. The van der Waals surface area contributed by atoms with Crippen molar-refractivity contribution in [2.24, 2.45) is 0 Å². The van der Waals surface area contributed by atoms with Gasteiger partial charge in [0.15, 0.2) is 0 Å². The Hall–Kier alpha value is -3.43. The molecule has 0 fully saturated rings. The van der Waals surface area contributed by atoms with E-state index in [-0.39, 0.29) is 24.5 Å². The molecule has 1 aromatic rings. The van der Waals surface area contributed by atoms with Crippen molar-refractivity contribution in [3.8, 4) is 0 Å². The molecule has 25 heavy (non-hydrogen) atoms. The molecule has 0 radical (unpaired) electrons. The lowest BCUT2D eigenvalue weighted by Gasteiger charge is -2.11. The van der Waals surface area contributed by atoms with Crippen LogP contribution in [-0.4, -0.2) is 42.9 Å². The highest BCUT2D eigenvalue weighted by atomic mass is 16.5. The third kappa shape index (κ3) is 5.94. The van der Waals surface area contributed by atoms with Gasteiger partial charge in [0.2, 0.25) is 0 Å². The Labute approximate surface area is 142 Å². The van der Waals surface area contributed by atoms with E-state index in [4.69, 9.17) is 0 Å². The zero-order valence-electron chi connectivity index (χ0n) is 13.6. The van der Waals surface area contributed by atoms with Crippen molar-refractivity contribution in [1.29, 1.82) is 0 Å². The second-order valence-corrected chi connectivity index (χ2v) is 4.35. The third-order valence-corrected chi connectivity index (χ3v) is 2.63. The molecule has 0 aliphatic heterocycles. The molecule has 0 aliphatic carbocycles. The number of ether oxygens (including phenoxy) is 2. The van der Waals surface area contributed by atoms with Crippen LogP contribution in [0.25, 0.3) is 0 Å². The van der Waals surface area contributed by atoms with Gasteiger partial charge in [0.25, 0.3) is 5.91 Å². The summed E-state index contributed by atoms with van der Waals surface area (Å²) in [6, 6.07) is 5.74. The van der Waals surface area contributed by atoms with Gasteiger partial charge in [-0.3, -0.25) is 25.2 Å². The highest BCUT2D eigenvalue weighted by Crippen LogP contribution is 2.14. The molecule has 0 saturated heterocycles. The standard InChI is InChI=1S/C15H17N3O7/c1-3-24-14(22)12(20)16-10-8-6-5-7-9(10)11(19)17-18-13(21)15(23)25-4-2/h5-8H,3-4H2,1-2H3,(H,16,20)(H,17,19)(H,18,21). The lowest BCUT2D eigenvalue weighted by molar-refractivity contribution is -0.154. The fraction of sp³-hybridized carbons (Fsp3) is 0.267. The van der Waals surface area contributed by atoms with Gasteiger partial charge in [-0.25, -0.2) is 9.59 Å². The van der Waals surface area contributed by atoms with Gasteiger partial charge in [-0.15, -0.1) is 0 Å². The van der Waals surface area contributed by atoms with Gasteiger partial charge < -0.3 is 14.8 Å². The smallest absolute Gasteiger partial charge is 0.398 e. The average molecular weight is 351 g/mol. The Bertz CT molecular complexity index is 687. The van der Waals surface area contributed by atoms with Gasteiger partial charge in [-0.1, -0.05) is 12.1 Å². The molecule has 0 unspecified atom stereocenters. The molecule has 0 heterocycles. The molecule has 0 spiro atoms. The van der Waals surface area contributed by atoms with E-state index < -0.39 is 29.7 Å². The maximum Gasteiger partial charge on any atom is 0.398 e. The fourth-order valence-corrected chi connectivity index (χ4v) is 1.59. The number of carbonyl (C=O) groups excluding carboxylic acids is 5. The number of anilines is 1. The van der Waals surface area contributed by atoms with Crippen LogP contribution in [0.2, 0.25) is 0 Å². The number of hydrogen-bond acceptors (Lipinski definition) is 7. The van der Waals surface area contributed by atoms with Crippen LogP contribution >= 0.6 is 0 Å². The summed E-state index contributed by atoms with van der Waals surface area (Å²) in [7, 11) is 0. The van der Waals surface area contributed by atoms with Gasteiger partial charge in [-0.2, -0.15) is 0 Å². The van der Waals surface area contributed by atoms with Crippen LogP contribution in [0.5, 0.6) is 0 Å². The maximum absolute atomic E-state index is 12.1. The van der Waals surface area contributed by atoms with Gasteiger partial charge in [-0.05, 0) is 26.0 Å². The van der Waals surface area contributed by atoms with Crippen molar-refractivity contribution in [3.63, 3.8) is 0 Å². The minimum atomic E-state index is -1.16. The summed E-state index contributed by atoms with van der Waals surface area (Å²) in [5, 5.41) is 2.23. The number of para-hydroxylation sites is 1. The van der Waals surface area contributed by atoms with Crippen molar-refractivity contribution in [3.05, 3.63) is 29.8 Å². The molecule has 0 atom stereocenters. The number of esters is 2. The molecular weight excluding hydrogens is 334 g/mol. The minimum absolute atomic E-state index is 0.00290. The van der Waals surface area contributed by atoms with E-state index >= 15 is 0 Å². The molecule has 3 N–H and O–H groups in total. The average Bonchev–Trinajstić information content (AvgIpc) is 2.60. The second kappa shape index (κ2) is 9.65. The Morgan fingerprint density at radius 3 is 2.00 bits per heavy atom. The number of amides is 3. The number of hydrogen-bond donors (Lipinski definition) is 3. The first-order chi connectivity index (χ1) is 11.9. The quantitative estimate of drug-likeness (QED) is 0.378. The second-order valence-electron chi connectivity index (χ2n) is 4.35. The van der Waals surface area contributed by atoms with Gasteiger partial charge >= 0.3 is 23.8 Å². The van der Waals surface area contributed by atoms with Gasteiger partial charge in [0.1, 0.15) is 0 Å². The monoisotopic (exact) mass is 351 g/mol. The molecule has 1 rings (SSSR count). The summed E-state index contributed by atoms with van der Waals surface area (Å²) in [5.74, 6) is -5.31. The predicted octanol–water partition coefficient (Wildman–Crippen LogP) is -0.488. The van der Waals surface area contributed by atoms with Crippen LogP contribution in [0.3, 0.4) is 0 Å². The topological polar surface area (TPSA) is 140 Å². The number of nitrogens with one attached hydrogen (secondary N) is 3. The van der Waals surface area contributed by atoms with Crippen molar-refractivity contribution >= 4 is 35.3 Å². The van der Waals surface area contributed by atoms with Crippen molar-refractivity contribution in [2.75, 3.05) is 18.5 Å². The molecule has 134 valence electrons. The zero-order chi connectivity index (χ0) is 18.8. The molecule has 0 aromatic heterocycles. The first-order valence-electron chi connectivity index (χ1n) is 7.25. The van der Waals surface area contributed by atoms with Crippen LogP contribution < -0.4 is 16.2 Å². The molecule has 0 bridgehead atoms. The SMILES string of the molecule is CCOC(=O)C(=O)NNC(=O)c1ccccc1NC(=O)C(=O)OCC. The predicted molar refractivity (Wildman–Crippen MR) is 83.9 cm³/mol. The van der Waals surface area contributed by atoms with E-state index in [2.05, 4.69) is 14.8 Å². The number of carbonyl (C=O) groups is 5. The summed E-state index contributed by atoms with van der Waals surface area (Å²) < 4.78 is 9.00. The number of benzene rings is 1. The van der Waals surface area contributed by atoms with Crippen LogP contribution in [0.1, 0.15) is 24.2 Å². The maximum atomic E-state index is 12.1. The molecule has 0 aliphatic rings. The van der Waals surface area contributed by atoms with E-state index in [9.17, 15) is 24.0 Å². The summed E-state index contributed by atoms with van der Waals surface area (Å²) in [6.07, 6.45) is 0. The highest BCUT2D eigenvalue weighted by Gasteiger charge is 2.20. The van der Waals surface area contributed by atoms with Crippen molar-refractivity contribution in [2.45, 2.75) is 13.8 Å². The number of hydrazine groups is 1. The highest BCUT2D eigenvalue weighted by molar-refractivity contribution is 6.37. The molecule has 10 nitrogen and oxygen atoms in total. The van der Waals surface area contributed by atoms with Crippen molar-refractivity contribution in [1.82, 2.24) is 10.9 Å².